The lowest BCUT2D eigenvalue weighted by Gasteiger charge is -2.16. The maximum absolute atomic E-state index is 11.5. The lowest BCUT2D eigenvalue weighted by molar-refractivity contribution is 0.0697. The number of benzene rings is 2. The van der Waals surface area contributed by atoms with Crippen molar-refractivity contribution in [3.05, 3.63) is 58.7 Å². The summed E-state index contributed by atoms with van der Waals surface area (Å²) in [7, 11) is 0. The molecule has 0 saturated carbocycles. The van der Waals surface area contributed by atoms with Gasteiger partial charge in [0.2, 0.25) is 0 Å². The summed E-state index contributed by atoms with van der Waals surface area (Å²) < 4.78 is 0. The fourth-order valence-electron chi connectivity index (χ4n) is 2.58. The van der Waals surface area contributed by atoms with Crippen LogP contribution >= 0.6 is 0 Å². The lowest BCUT2D eigenvalue weighted by atomic mass is 9.89. The van der Waals surface area contributed by atoms with Crippen LogP contribution in [0.4, 0.5) is 0 Å². The molecule has 0 fully saturated rings. The van der Waals surface area contributed by atoms with Gasteiger partial charge in [-0.3, -0.25) is 0 Å². The summed E-state index contributed by atoms with van der Waals surface area (Å²) in [6.07, 6.45) is 0. The Labute approximate surface area is 132 Å². The summed E-state index contributed by atoms with van der Waals surface area (Å²) in [4.78, 5) is 11.5. The highest BCUT2D eigenvalue weighted by Crippen LogP contribution is 2.31. The van der Waals surface area contributed by atoms with Gasteiger partial charge in [0.15, 0.2) is 0 Å². The SMILES string of the molecule is Cc1ccc(C(=O)O)c(-c2cc(C(C)C)cc(C(C)C)c2)c1. The first kappa shape index (κ1) is 16.3. The van der Waals surface area contributed by atoms with E-state index in [1.54, 1.807) is 6.07 Å². The van der Waals surface area contributed by atoms with Crippen LogP contribution in [0.2, 0.25) is 0 Å². The van der Waals surface area contributed by atoms with Gasteiger partial charge in [0.25, 0.3) is 0 Å². The fourth-order valence-corrected chi connectivity index (χ4v) is 2.58. The number of carboxylic acid groups (broad SMARTS) is 1. The van der Waals surface area contributed by atoms with E-state index in [4.69, 9.17) is 0 Å². The molecule has 0 aromatic heterocycles. The molecular formula is C20H24O2. The van der Waals surface area contributed by atoms with E-state index in [0.29, 0.717) is 17.4 Å². The number of carbonyl (C=O) groups is 1. The van der Waals surface area contributed by atoms with E-state index >= 15 is 0 Å². The molecule has 2 heteroatoms. The van der Waals surface area contributed by atoms with Gasteiger partial charge in [-0.2, -0.15) is 0 Å². The van der Waals surface area contributed by atoms with Crippen molar-refractivity contribution in [3.8, 4) is 11.1 Å². The third-order valence-corrected chi connectivity index (χ3v) is 4.03. The molecule has 0 radical (unpaired) electrons. The second kappa shape index (κ2) is 6.35. The summed E-state index contributed by atoms with van der Waals surface area (Å²) in [5.74, 6) is -0.0536. The van der Waals surface area contributed by atoms with Crippen molar-refractivity contribution in [1.29, 1.82) is 0 Å². The zero-order valence-electron chi connectivity index (χ0n) is 14.0. The molecule has 0 heterocycles. The van der Waals surface area contributed by atoms with Crippen LogP contribution in [-0.4, -0.2) is 11.1 Å². The minimum atomic E-state index is -0.879. The topological polar surface area (TPSA) is 37.3 Å². The van der Waals surface area contributed by atoms with E-state index in [1.165, 1.54) is 11.1 Å². The van der Waals surface area contributed by atoms with Crippen molar-refractivity contribution < 1.29 is 9.90 Å². The second-order valence-corrected chi connectivity index (χ2v) is 6.55. The number of rotatable bonds is 4. The van der Waals surface area contributed by atoms with Crippen molar-refractivity contribution in [2.45, 2.75) is 46.5 Å². The standard InChI is InChI=1S/C20H24O2/c1-12(2)15-9-16(13(3)4)11-17(10-15)19-8-14(5)6-7-18(19)20(21)22/h6-13H,1-5H3,(H,21,22). The quantitative estimate of drug-likeness (QED) is 0.796. The zero-order valence-corrected chi connectivity index (χ0v) is 14.0. The van der Waals surface area contributed by atoms with Crippen molar-refractivity contribution in [1.82, 2.24) is 0 Å². The van der Waals surface area contributed by atoms with Crippen LogP contribution in [0.3, 0.4) is 0 Å². The molecule has 22 heavy (non-hydrogen) atoms. The highest BCUT2D eigenvalue weighted by Gasteiger charge is 2.15. The lowest BCUT2D eigenvalue weighted by Crippen LogP contribution is -2.01. The molecular weight excluding hydrogens is 272 g/mol. The number of hydrogen-bond acceptors (Lipinski definition) is 1. The molecule has 0 unspecified atom stereocenters. The summed E-state index contributed by atoms with van der Waals surface area (Å²) in [5, 5.41) is 9.47. The molecule has 2 rings (SSSR count). The predicted molar refractivity (Wildman–Crippen MR) is 91.8 cm³/mol. The minimum Gasteiger partial charge on any atom is -0.478 e. The Morgan fingerprint density at radius 3 is 1.91 bits per heavy atom. The highest BCUT2D eigenvalue weighted by atomic mass is 16.4. The molecule has 0 bridgehead atoms. The van der Waals surface area contributed by atoms with Crippen molar-refractivity contribution >= 4 is 5.97 Å². The average molecular weight is 296 g/mol. The van der Waals surface area contributed by atoms with Crippen LogP contribution in [0.25, 0.3) is 11.1 Å². The van der Waals surface area contributed by atoms with E-state index in [9.17, 15) is 9.90 Å². The van der Waals surface area contributed by atoms with Gasteiger partial charge in [0, 0.05) is 0 Å². The number of aryl methyl sites for hydroxylation is 1. The summed E-state index contributed by atoms with van der Waals surface area (Å²) >= 11 is 0. The monoisotopic (exact) mass is 296 g/mol. The van der Waals surface area contributed by atoms with Gasteiger partial charge in [-0.1, -0.05) is 63.6 Å². The molecule has 0 aliphatic rings. The largest absolute Gasteiger partial charge is 0.478 e. The molecule has 116 valence electrons. The minimum absolute atomic E-state index is 0.362. The Kier molecular flexibility index (Phi) is 4.70. The van der Waals surface area contributed by atoms with Gasteiger partial charge in [-0.25, -0.2) is 4.79 Å². The average Bonchev–Trinajstić information content (AvgIpc) is 2.46. The van der Waals surface area contributed by atoms with Gasteiger partial charge < -0.3 is 5.11 Å². The molecule has 0 atom stereocenters. The van der Waals surface area contributed by atoms with E-state index in [2.05, 4.69) is 45.9 Å². The van der Waals surface area contributed by atoms with Crippen LogP contribution in [0, 0.1) is 6.92 Å². The Balaban J connectivity index is 2.71. The molecule has 0 aliphatic carbocycles. The summed E-state index contributed by atoms with van der Waals surface area (Å²) in [6.45, 7) is 10.6. The first-order valence-electron chi connectivity index (χ1n) is 7.78. The molecule has 2 aromatic carbocycles. The predicted octanol–water partition coefficient (Wildman–Crippen LogP) is 5.61. The van der Waals surface area contributed by atoms with E-state index in [0.717, 1.165) is 16.7 Å². The summed E-state index contributed by atoms with van der Waals surface area (Å²) in [6, 6.07) is 12.0. The van der Waals surface area contributed by atoms with Gasteiger partial charge in [-0.05, 0) is 47.1 Å². The molecule has 2 aromatic rings. The first-order chi connectivity index (χ1) is 10.3. The Bertz CT molecular complexity index is 671. The zero-order chi connectivity index (χ0) is 16.4. The van der Waals surface area contributed by atoms with Crippen molar-refractivity contribution in [3.63, 3.8) is 0 Å². The van der Waals surface area contributed by atoms with Crippen molar-refractivity contribution in [2.24, 2.45) is 0 Å². The fraction of sp³-hybridized carbons (Fsp3) is 0.350. The van der Waals surface area contributed by atoms with Crippen molar-refractivity contribution in [2.75, 3.05) is 0 Å². The van der Waals surface area contributed by atoms with Gasteiger partial charge in [-0.15, -0.1) is 0 Å². The van der Waals surface area contributed by atoms with Crippen LogP contribution in [0.5, 0.6) is 0 Å². The molecule has 0 aliphatic heterocycles. The number of aromatic carboxylic acids is 1. The summed E-state index contributed by atoms with van der Waals surface area (Å²) in [5.41, 5.74) is 5.73. The van der Waals surface area contributed by atoms with E-state index in [-0.39, 0.29) is 0 Å². The first-order valence-corrected chi connectivity index (χ1v) is 7.78. The molecule has 1 N–H and O–H groups in total. The third kappa shape index (κ3) is 3.38. The molecule has 0 saturated heterocycles. The maximum atomic E-state index is 11.5. The van der Waals surface area contributed by atoms with Crippen LogP contribution in [0.1, 0.15) is 66.6 Å². The Morgan fingerprint density at radius 1 is 0.909 bits per heavy atom. The normalized spacial score (nSPS) is 11.2. The smallest absolute Gasteiger partial charge is 0.336 e. The van der Waals surface area contributed by atoms with Gasteiger partial charge >= 0.3 is 5.97 Å². The number of hydrogen-bond donors (Lipinski definition) is 1. The van der Waals surface area contributed by atoms with E-state index < -0.39 is 5.97 Å². The number of carboxylic acids is 1. The van der Waals surface area contributed by atoms with Gasteiger partial charge in [0.05, 0.1) is 5.56 Å². The highest BCUT2D eigenvalue weighted by molar-refractivity contribution is 5.96. The van der Waals surface area contributed by atoms with Crippen LogP contribution < -0.4 is 0 Å². The molecule has 0 amide bonds. The van der Waals surface area contributed by atoms with Crippen LogP contribution in [0.15, 0.2) is 36.4 Å². The molecule has 0 spiro atoms. The second-order valence-electron chi connectivity index (χ2n) is 6.55. The van der Waals surface area contributed by atoms with E-state index in [1.807, 2.05) is 19.1 Å². The Hall–Kier alpha value is -2.09. The maximum Gasteiger partial charge on any atom is 0.336 e. The molecule has 2 nitrogen and oxygen atoms in total. The van der Waals surface area contributed by atoms with Crippen LogP contribution in [-0.2, 0) is 0 Å². The van der Waals surface area contributed by atoms with Gasteiger partial charge in [0.1, 0.15) is 0 Å². The third-order valence-electron chi connectivity index (χ3n) is 4.03. The Morgan fingerprint density at radius 2 is 1.45 bits per heavy atom.